The first kappa shape index (κ1) is 38.3. The highest BCUT2D eigenvalue weighted by Gasteiger charge is 2.22. The van der Waals surface area contributed by atoms with Gasteiger partial charge < -0.3 is 15.2 Å². The van der Waals surface area contributed by atoms with Crippen LogP contribution in [-0.4, -0.2) is 47.0 Å². The zero-order valence-corrected chi connectivity index (χ0v) is 28.9. The Hall–Kier alpha value is -2.74. The van der Waals surface area contributed by atoms with Gasteiger partial charge in [-0.05, 0) is 102 Å². The number of hydrogen-bond donors (Lipinski definition) is 2. The number of carboxylic acids is 1. The Morgan fingerprint density at radius 3 is 2.07 bits per heavy atom. The summed E-state index contributed by atoms with van der Waals surface area (Å²) in [4.78, 5) is 24.9. The lowest BCUT2D eigenvalue weighted by Gasteiger charge is -2.18. The third-order valence-corrected chi connectivity index (χ3v) is 7.96. The number of hydrogen-bond acceptors (Lipinski definition) is 5. The molecule has 0 radical (unpaired) electrons. The molecule has 43 heavy (non-hydrogen) atoms. The van der Waals surface area contributed by atoms with Crippen molar-refractivity contribution >= 4 is 35.4 Å². The quantitative estimate of drug-likeness (QED) is 0.186. The van der Waals surface area contributed by atoms with Gasteiger partial charge in [0.25, 0.3) is 5.91 Å². The lowest BCUT2D eigenvalue weighted by molar-refractivity contribution is -0.139. The minimum Gasteiger partial charge on any atom is -0.480 e. The predicted octanol–water partition coefficient (Wildman–Crippen LogP) is 8.97. The summed E-state index contributed by atoms with van der Waals surface area (Å²) in [5.41, 5.74) is 7.96. The lowest BCUT2D eigenvalue weighted by atomic mass is 9.93. The maximum Gasteiger partial charge on any atom is 0.326 e. The second kappa shape index (κ2) is 21.9. The number of nitrogens with one attached hydrogen (secondary N) is 1. The van der Waals surface area contributed by atoms with Crippen LogP contribution in [0.4, 0.5) is 0 Å². The summed E-state index contributed by atoms with van der Waals surface area (Å²) in [6.45, 7) is 13.4. The van der Waals surface area contributed by atoms with Crippen molar-refractivity contribution < 1.29 is 19.4 Å². The zero-order valence-electron chi connectivity index (χ0n) is 27.3. The highest BCUT2D eigenvalue weighted by atomic mass is 32.2. The molecule has 1 unspecified atom stereocenters. The van der Waals surface area contributed by atoms with Crippen molar-refractivity contribution in [2.24, 2.45) is 0 Å². The first-order valence-corrected chi connectivity index (χ1v) is 17.9. The van der Waals surface area contributed by atoms with Crippen LogP contribution in [0.15, 0.2) is 60.7 Å². The third kappa shape index (κ3) is 13.2. The highest BCUT2D eigenvalue weighted by molar-refractivity contribution is 7.98. The Balaban J connectivity index is 0.00000142. The van der Waals surface area contributed by atoms with Crippen molar-refractivity contribution in [1.29, 1.82) is 0 Å². The Kier molecular flexibility index (Phi) is 19.5. The molecule has 2 N–H and O–H groups in total. The molecular weight excluding hydrogens is 575 g/mol. The minimum atomic E-state index is -1.02. The summed E-state index contributed by atoms with van der Waals surface area (Å²) < 4.78 is 6.06. The molecule has 1 amide bonds. The lowest BCUT2D eigenvalue weighted by Crippen LogP contribution is -2.41. The standard InChI is InChI=1S/C31H37NO4S.C3H8S.C2H6/c1-5-8-25-17-23(12-11-21(25)2)19-36-20-24-13-14-27(28(18-24)26-10-7-6-9-22(26)3)30(33)32-29(31(34)35)15-16-37-4;1-3-4-2;1-2/h6-7,9-14,17-18,29H,5,8,15-16,19-20H2,1-4H3,(H,32,33)(H,34,35);3H2,1-2H3;1-2H3. The van der Waals surface area contributed by atoms with Crippen molar-refractivity contribution in [2.75, 3.05) is 24.0 Å². The van der Waals surface area contributed by atoms with E-state index in [0.717, 1.165) is 40.7 Å². The van der Waals surface area contributed by atoms with Crippen LogP contribution in [0.5, 0.6) is 0 Å². The van der Waals surface area contributed by atoms with E-state index in [1.54, 1.807) is 17.8 Å². The number of carbonyl (C=O) groups is 2. The van der Waals surface area contributed by atoms with E-state index in [-0.39, 0.29) is 5.91 Å². The summed E-state index contributed by atoms with van der Waals surface area (Å²) in [6, 6.07) is 19.1. The maximum absolute atomic E-state index is 13.2. The van der Waals surface area contributed by atoms with Crippen LogP contribution in [0.1, 0.15) is 78.7 Å². The van der Waals surface area contributed by atoms with E-state index in [2.05, 4.69) is 50.5 Å². The number of thioether (sulfide) groups is 2. The van der Waals surface area contributed by atoms with Gasteiger partial charge in [0.15, 0.2) is 0 Å². The van der Waals surface area contributed by atoms with Gasteiger partial charge in [-0.15, -0.1) is 0 Å². The molecule has 0 spiro atoms. The van der Waals surface area contributed by atoms with E-state index in [1.807, 2.05) is 75.2 Å². The maximum atomic E-state index is 13.2. The number of carboxylic acid groups (broad SMARTS) is 1. The molecule has 0 fully saturated rings. The largest absolute Gasteiger partial charge is 0.480 e. The average Bonchev–Trinajstić information content (AvgIpc) is 3.02. The molecule has 0 aliphatic rings. The molecule has 0 heterocycles. The minimum absolute atomic E-state index is 0.368. The Morgan fingerprint density at radius 1 is 0.860 bits per heavy atom. The molecule has 0 bridgehead atoms. The Morgan fingerprint density at radius 2 is 1.49 bits per heavy atom. The first-order chi connectivity index (χ1) is 20.7. The first-order valence-electron chi connectivity index (χ1n) is 15.1. The number of benzene rings is 3. The van der Waals surface area contributed by atoms with Gasteiger partial charge in [0.1, 0.15) is 6.04 Å². The van der Waals surface area contributed by atoms with Crippen LogP contribution in [-0.2, 0) is 29.2 Å². The Labute approximate surface area is 268 Å². The summed E-state index contributed by atoms with van der Waals surface area (Å²) in [5.74, 6) is 0.476. The Bertz CT molecular complexity index is 1260. The van der Waals surface area contributed by atoms with Crippen molar-refractivity contribution in [2.45, 2.75) is 80.1 Å². The van der Waals surface area contributed by atoms with E-state index < -0.39 is 12.0 Å². The summed E-state index contributed by atoms with van der Waals surface area (Å²) in [7, 11) is 0. The topological polar surface area (TPSA) is 75.6 Å². The SMILES string of the molecule is CC.CCCc1cc(COCc2ccc(C(=O)NC(CCSC)C(=O)O)c(-c3ccccc3C)c2)ccc1C.CCSC. The highest BCUT2D eigenvalue weighted by Crippen LogP contribution is 2.29. The van der Waals surface area contributed by atoms with Gasteiger partial charge in [-0.25, -0.2) is 4.79 Å². The van der Waals surface area contributed by atoms with Crippen LogP contribution in [0.3, 0.4) is 0 Å². The number of ether oxygens (including phenoxy) is 1. The van der Waals surface area contributed by atoms with Gasteiger partial charge in [-0.1, -0.05) is 82.6 Å². The fourth-order valence-corrected chi connectivity index (χ4v) is 4.82. The molecule has 3 aromatic carbocycles. The monoisotopic (exact) mass is 625 g/mol. The second-order valence-corrected chi connectivity index (χ2v) is 12.1. The van der Waals surface area contributed by atoms with E-state index >= 15 is 0 Å². The molecule has 0 aliphatic heterocycles. The van der Waals surface area contributed by atoms with Crippen molar-refractivity contribution in [3.63, 3.8) is 0 Å². The van der Waals surface area contributed by atoms with E-state index in [0.29, 0.717) is 31.0 Å². The third-order valence-electron chi connectivity index (χ3n) is 6.74. The molecular formula is C36H51NO4S2. The number of carbonyl (C=O) groups excluding carboxylic acids is 1. The average molecular weight is 626 g/mol. The number of rotatable bonds is 14. The molecule has 0 aromatic heterocycles. The molecule has 5 nitrogen and oxygen atoms in total. The normalized spacial score (nSPS) is 11.0. The molecule has 236 valence electrons. The van der Waals surface area contributed by atoms with Crippen molar-refractivity contribution in [1.82, 2.24) is 5.32 Å². The van der Waals surface area contributed by atoms with Gasteiger partial charge in [0.2, 0.25) is 0 Å². The summed E-state index contributed by atoms with van der Waals surface area (Å²) >= 11 is 3.41. The molecule has 1 atom stereocenters. The second-order valence-electron chi connectivity index (χ2n) is 9.92. The molecule has 3 rings (SSSR count). The van der Waals surface area contributed by atoms with Crippen LogP contribution in [0.2, 0.25) is 0 Å². The van der Waals surface area contributed by atoms with Crippen LogP contribution in [0, 0.1) is 13.8 Å². The molecule has 0 saturated carbocycles. The van der Waals surface area contributed by atoms with Crippen molar-refractivity contribution in [3.8, 4) is 11.1 Å². The van der Waals surface area contributed by atoms with Crippen LogP contribution < -0.4 is 5.32 Å². The smallest absolute Gasteiger partial charge is 0.326 e. The molecule has 3 aromatic rings. The van der Waals surface area contributed by atoms with Crippen molar-refractivity contribution in [3.05, 3.63) is 94.0 Å². The van der Waals surface area contributed by atoms with Gasteiger partial charge >= 0.3 is 5.97 Å². The summed E-state index contributed by atoms with van der Waals surface area (Å²) in [6.07, 6.45) is 6.55. The van der Waals surface area contributed by atoms with E-state index in [1.165, 1.54) is 16.9 Å². The van der Waals surface area contributed by atoms with Gasteiger partial charge in [0, 0.05) is 5.56 Å². The molecule has 0 saturated heterocycles. The molecule has 7 heteroatoms. The van der Waals surface area contributed by atoms with E-state index in [9.17, 15) is 14.7 Å². The number of aryl methyl sites for hydroxylation is 3. The fourth-order valence-electron chi connectivity index (χ4n) is 4.35. The van der Waals surface area contributed by atoms with Crippen LogP contribution in [0.25, 0.3) is 11.1 Å². The predicted molar refractivity (Wildman–Crippen MR) is 188 cm³/mol. The van der Waals surface area contributed by atoms with Crippen LogP contribution >= 0.6 is 23.5 Å². The number of amides is 1. The molecule has 0 aliphatic carbocycles. The van der Waals surface area contributed by atoms with Gasteiger partial charge in [0.05, 0.1) is 13.2 Å². The van der Waals surface area contributed by atoms with Gasteiger partial charge in [-0.2, -0.15) is 23.5 Å². The number of aliphatic carboxylic acids is 1. The zero-order chi connectivity index (χ0) is 32.2. The fraction of sp³-hybridized carbons (Fsp3) is 0.444. The van der Waals surface area contributed by atoms with Gasteiger partial charge in [-0.3, -0.25) is 4.79 Å². The van der Waals surface area contributed by atoms with E-state index in [4.69, 9.17) is 4.74 Å². The summed E-state index contributed by atoms with van der Waals surface area (Å²) in [5, 5.41) is 12.3.